The van der Waals surface area contributed by atoms with Crippen molar-refractivity contribution in [2.24, 2.45) is 0 Å². The molecule has 1 saturated carbocycles. The molecule has 4 nitrogen and oxygen atoms in total. The van der Waals surface area contributed by atoms with Crippen molar-refractivity contribution in [3.8, 4) is 0 Å². The first-order valence-electron chi connectivity index (χ1n) is 7.35. The first-order chi connectivity index (χ1) is 10.2. The highest BCUT2D eigenvalue weighted by atomic mass is 35.5. The van der Waals surface area contributed by atoms with Crippen LogP contribution in [0.2, 0.25) is 5.15 Å². The van der Waals surface area contributed by atoms with Gasteiger partial charge in [0.25, 0.3) is 0 Å². The molecule has 110 valence electrons. The Bertz CT molecular complexity index is 671. The van der Waals surface area contributed by atoms with Gasteiger partial charge in [-0.3, -0.25) is 9.20 Å². The van der Waals surface area contributed by atoms with Gasteiger partial charge in [-0.2, -0.15) is 0 Å². The van der Waals surface area contributed by atoms with E-state index < -0.39 is 0 Å². The summed E-state index contributed by atoms with van der Waals surface area (Å²) < 4.78 is 1.87. The largest absolute Gasteiger partial charge is 0.350 e. The van der Waals surface area contributed by atoms with E-state index in [2.05, 4.69) is 10.3 Å². The number of nitrogens with one attached hydrogen (secondary N) is 1. The summed E-state index contributed by atoms with van der Waals surface area (Å²) in [6.45, 7) is 0. The van der Waals surface area contributed by atoms with Crippen LogP contribution in [-0.4, -0.2) is 21.3 Å². The first kappa shape index (κ1) is 14.1. The molecule has 0 bridgehead atoms. The van der Waals surface area contributed by atoms with Crippen LogP contribution in [0.4, 0.5) is 0 Å². The maximum atomic E-state index is 12.0. The Morgan fingerprint density at radius 1 is 1.33 bits per heavy atom. The zero-order valence-corrected chi connectivity index (χ0v) is 12.5. The first-order valence-corrected chi connectivity index (χ1v) is 7.73. The lowest BCUT2D eigenvalue weighted by Crippen LogP contribution is -2.34. The van der Waals surface area contributed by atoms with E-state index >= 15 is 0 Å². The van der Waals surface area contributed by atoms with E-state index in [0.717, 1.165) is 24.2 Å². The van der Waals surface area contributed by atoms with Crippen molar-refractivity contribution in [1.82, 2.24) is 14.7 Å². The fourth-order valence-corrected chi connectivity index (χ4v) is 3.03. The van der Waals surface area contributed by atoms with Crippen LogP contribution in [0.1, 0.15) is 37.8 Å². The number of fused-ring (bicyclic) bond motifs is 1. The van der Waals surface area contributed by atoms with Gasteiger partial charge < -0.3 is 5.32 Å². The predicted octanol–water partition coefficient (Wildman–Crippen LogP) is 3.45. The van der Waals surface area contributed by atoms with Crippen LogP contribution in [0, 0.1) is 0 Å². The SMILES string of the molecule is O=C(/C=C/c1c(Cl)nc2ccccn12)NC1CCCCC1. The Kier molecular flexibility index (Phi) is 4.25. The molecule has 3 rings (SSSR count). The number of halogens is 1. The number of aromatic nitrogens is 2. The van der Waals surface area contributed by atoms with E-state index in [0.29, 0.717) is 11.2 Å². The summed E-state index contributed by atoms with van der Waals surface area (Å²) in [6.07, 6.45) is 11.0. The molecule has 1 amide bonds. The van der Waals surface area contributed by atoms with Crippen LogP contribution in [0.5, 0.6) is 0 Å². The third kappa shape index (κ3) is 3.27. The predicted molar refractivity (Wildman–Crippen MR) is 84.3 cm³/mol. The van der Waals surface area contributed by atoms with Gasteiger partial charge in [0.1, 0.15) is 5.65 Å². The van der Waals surface area contributed by atoms with Gasteiger partial charge in [-0.1, -0.05) is 36.9 Å². The van der Waals surface area contributed by atoms with E-state index in [9.17, 15) is 4.79 Å². The number of hydrogen-bond acceptors (Lipinski definition) is 2. The van der Waals surface area contributed by atoms with Crippen LogP contribution >= 0.6 is 11.6 Å². The van der Waals surface area contributed by atoms with Gasteiger partial charge in [-0.05, 0) is 31.1 Å². The molecule has 1 aliphatic carbocycles. The Hall–Kier alpha value is -1.81. The molecule has 2 aromatic heterocycles. The van der Waals surface area contributed by atoms with Gasteiger partial charge in [0.05, 0.1) is 5.69 Å². The van der Waals surface area contributed by atoms with Crippen LogP contribution in [0.3, 0.4) is 0 Å². The highest BCUT2D eigenvalue weighted by Crippen LogP contribution is 2.19. The monoisotopic (exact) mass is 303 g/mol. The number of carbonyl (C=O) groups excluding carboxylic acids is 1. The number of hydrogen-bond donors (Lipinski definition) is 1. The van der Waals surface area contributed by atoms with Crippen molar-refractivity contribution >= 4 is 29.2 Å². The fourth-order valence-electron chi connectivity index (χ4n) is 2.79. The summed E-state index contributed by atoms with van der Waals surface area (Å²) in [7, 11) is 0. The zero-order chi connectivity index (χ0) is 14.7. The van der Waals surface area contributed by atoms with Crippen LogP contribution in [0.15, 0.2) is 30.5 Å². The minimum atomic E-state index is -0.0659. The molecule has 0 radical (unpaired) electrons. The molecule has 0 unspecified atom stereocenters. The second-order valence-corrected chi connectivity index (χ2v) is 5.75. The summed E-state index contributed by atoms with van der Waals surface area (Å²) in [5, 5.41) is 3.46. The van der Waals surface area contributed by atoms with Crippen molar-refractivity contribution in [3.05, 3.63) is 41.3 Å². The number of imidazole rings is 1. The molecule has 2 aromatic rings. The molecule has 0 atom stereocenters. The van der Waals surface area contributed by atoms with Crippen LogP contribution in [0.25, 0.3) is 11.7 Å². The summed E-state index contributed by atoms with van der Waals surface area (Å²) >= 11 is 6.13. The normalized spacial score (nSPS) is 16.6. The molecule has 1 fully saturated rings. The highest BCUT2D eigenvalue weighted by Gasteiger charge is 2.14. The lowest BCUT2D eigenvalue weighted by Gasteiger charge is -2.21. The van der Waals surface area contributed by atoms with E-state index in [1.54, 1.807) is 6.08 Å². The molecule has 0 saturated heterocycles. The molecular weight excluding hydrogens is 286 g/mol. The van der Waals surface area contributed by atoms with E-state index in [1.807, 2.05) is 28.8 Å². The van der Waals surface area contributed by atoms with Crippen molar-refractivity contribution in [2.45, 2.75) is 38.1 Å². The number of carbonyl (C=O) groups is 1. The Morgan fingerprint density at radius 2 is 2.14 bits per heavy atom. The fraction of sp³-hybridized carbons (Fsp3) is 0.375. The minimum Gasteiger partial charge on any atom is -0.350 e. The molecular formula is C16H18ClN3O. The summed E-state index contributed by atoms with van der Waals surface area (Å²) in [5.41, 5.74) is 1.50. The molecule has 0 aromatic carbocycles. The van der Waals surface area contributed by atoms with Gasteiger partial charge in [-0.15, -0.1) is 0 Å². The Morgan fingerprint density at radius 3 is 2.95 bits per heavy atom. The lowest BCUT2D eigenvalue weighted by atomic mass is 9.95. The summed E-state index contributed by atoms with van der Waals surface area (Å²) in [5.74, 6) is -0.0659. The third-order valence-corrected chi connectivity index (χ3v) is 4.14. The average Bonchev–Trinajstić information content (AvgIpc) is 2.81. The second kappa shape index (κ2) is 6.31. The number of pyridine rings is 1. The average molecular weight is 304 g/mol. The van der Waals surface area contributed by atoms with Crippen LogP contribution in [-0.2, 0) is 4.79 Å². The number of amides is 1. The molecule has 1 aliphatic rings. The quantitative estimate of drug-likeness (QED) is 0.883. The lowest BCUT2D eigenvalue weighted by molar-refractivity contribution is -0.117. The maximum Gasteiger partial charge on any atom is 0.244 e. The van der Waals surface area contributed by atoms with Gasteiger partial charge in [0, 0.05) is 18.3 Å². The van der Waals surface area contributed by atoms with E-state index in [1.165, 1.54) is 25.3 Å². The highest BCUT2D eigenvalue weighted by molar-refractivity contribution is 6.31. The van der Waals surface area contributed by atoms with Crippen molar-refractivity contribution in [2.75, 3.05) is 0 Å². The Labute approximate surface area is 128 Å². The van der Waals surface area contributed by atoms with Gasteiger partial charge >= 0.3 is 0 Å². The third-order valence-electron chi connectivity index (χ3n) is 3.87. The summed E-state index contributed by atoms with van der Waals surface area (Å²) in [4.78, 5) is 16.2. The molecule has 2 heterocycles. The van der Waals surface area contributed by atoms with Crippen molar-refractivity contribution in [1.29, 1.82) is 0 Å². The van der Waals surface area contributed by atoms with Crippen molar-refractivity contribution < 1.29 is 4.79 Å². The molecule has 5 heteroatoms. The molecule has 1 N–H and O–H groups in total. The molecule has 0 aliphatic heterocycles. The molecule has 21 heavy (non-hydrogen) atoms. The standard InChI is InChI=1S/C16H18ClN3O/c17-16-13(20-11-5-4-8-14(20)19-16)9-10-15(21)18-12-6-2-1-3-7-12/h4-5,8-12H,1-3,6-7H2,(H,18,21)/b10-9+. The second-order valence-electron chi connectivity index (χ2n) is 5.39. The van der Waals surface area contributed by atoms with Gasteiger partial charge in [0.2, 0.25) is 5.91 Å². The van der Waals surface area contributed by atoms with Gasteiger partial charge in [-0.25, -0.2) is 4.98 Å². The molecule has 0 spiro atoms. The van der Waals surface area contributed by atoms with Crippen LogP contribution < -0.4 is 5.32 Å². The summed E-state index contributed by atoms with van der Waals surface area (Å²) in [6, 6.07) is 6.01. The zero-order valence-electron chi connectivity index (χ0n) is 11.8. The number of rotatable bonds is 3. The topological polar surface area (TPSA) is 46.4 Å². The number of nitrogens with zero attached hydrogens (tertiary/aromatic N) is 2. The Balaban J connectivity index is 1.72. The van der Waals surface area contributed by atoms with Gasteiger partial charge in [0.15, 0.2) is 5.15 Å². The van der Waals surface area contributed by atoms with Crippen molar-refractivity contribution in [3.63, 3.8) is 0 Å². The minimum absolute atomic E-state index is 0.0659. The maximum absolute atomic E-state index is 12.0. The van der Waals surface area contributed by atoms with E-state index in [-0.39, 0.29) is 5.91 Å². The van der Waals surface area contributed by atoms with E-state index in [4.69, 9.17) is 11.6 Å². The smallest absolute Gasteiger partial charge is 0.244 e.